The molecule has 0 aliphatic heterocycles. The molecule has 0 saturated heterocycles. The number of hydrogen-bond donors (Lipinski definition) is 2. The van der Waals surface area contributed by atoms with Gasteiger partial charge in [0.25, 0.3) is 0 Å². The molecule has 0 fully saturated rings. The minimum atomic E-state index is -0.0577. The Kier molecular flexibility index (Phi) is 9.57. The van der Waals surface area contributed by atoms with Gasteiger partial charge in [0, 0.05) is 19.0 Å². The Hall–Kier alpha value is -1.97. The molecule has 0 saturated carbocycles. The molecule has 2 aromatic rings. The summed E-state index contributed by atoms with van der Waals surface area (Å²) >= 11 is 0. The first kappa shape index (κ1) is 24.1. The number of benzene rings is 1. The van der Waals surface area contributed by atoms with E-state index in [4.69, 9.17) is 13.9 Å². The number of halogens is 1. The molecule has 156 valence electrons. The van der Waals surface area contributed by atoms with Crippen LogP contribution < -0.4 is 20.1 Å². The zero-order valence-electron chi connectivity index (χ0n) is 17.5. The Bertz CT molecular complexity index is 769. The Morgan fingerprint density at radius 2 is 1.89 bits per heavy atom. The molecule has 0 atom stereocenters. The number of aliphatic imine (C=N–C) groups is 1. The van der Waals surface area contributed by atoms with E-state index in [1.807, 2.05) is 25.1 Å². The molecule has 0 radical (unpaired) electrons. The summed E-state index contributed by atoms with van der Waals surface area (Å²) < 4.78 is 16.7. The van der Waals surface area contributed by atoms with Gasteiger partial charge in [-0.25, -0.2) is 4.98 Å². The molecule has 0 spiro atoms. The van der Waals surface area contributed by atoms with Crippen LogP contribution in [0, 0.1) is 0 Å². The lowest BCUT2D eigenvalue weighted by atomic mass is 9.94. The number of hydrogen-bond acceptors (Lipinski definition) is 5. The van der Waals surface area contributed by atoms with Crippen LogP contribution in [0.3, 0.4) is 0 Å². The Labute approximate surface area is 184 Å². The Morgan fingerprint density at radius 1 is 1.18 bits per heavy atom. The predicted octanol–water partition coefficient (Wildman–Crippen LogP) is 3.86. The van der Waals surface area contributed by atoms with E-state index in [0.717, 1.165) is 17.1 Å². The summed E-state index contributed by atoms with van der Waals surface area (Å²) in [6, 6.07) is 5.86. The number of rotatable bonds is 7. The zero-order chi connectivity index (χ0) is 19.9. The molecule has 8 heteroatoms. The van der Waals surface area contributed by atoms with Gasteiger partial charge >= 0.3 is 0 Å². The van der Waals surface area contributed by atoms with Crippen LogP contribution in [-0.4, -0.2) is 31.7 Å². The summed E-state index contributed by atoms with van der Waals surface area (Å²) in [6.07, 6.45) is 1.78. The maximum absolute atomic E-state index is 5.79. The highest BCUT2D eigenvalue weighted by Crippen LogP contribution is 2.28. The van der Waals surface area contributed by atoms with E-state index in [2.05, 4.69) is 41.4 Å². The third kappa shape index (κ3) is 6.88. The molecule has 0 aliphatic carbocycles. The van der Waals surface area contributed by atoms with E-state index in [1.54, 1.807) is 20.4 Å². The standard InChI is InChI=1S/C20H30N4O3.HI/c1-7-26-15-9-8-14(10-16(15)25-6)11-23-19(21-5)24-13-18-22-12-17(27-18)20(2,3)4;/h8-10,12H,7,11,13H2,1-6H3,(H2,21,23,24);1H. The van der Waals surface area contributed by atoms with Crippen molar-refractivity contribution in [1.29, 1.82) is 0 Å². The van der Waals surface area contributed by atoms with Crippen LogP contribution in [0.25, 0.3) is 0 Å². The van der Waals surface area contributed by atoms with Crippen LogP contribution in [0.1, 0.15) is 44.9 Å². The van der Waals surface area contributed by atoms with Crippen molar-refractivity contribution in [2.24, 2.45) is 4.99 Å². The first-order chi connectivity index (χ1) is 12.9. The third-order valence-electron chi connectivity index (χ3n) is 3.91. The summed E-state index contributed by atoms with van der Waals surface area (Å²) in [5, 5.41) is 6.48. The quantitative estimate of drug-likeness (QED) is 0.340. The van der Waals surface area contributed by atoms with Crippen molar-refractivity contribution in [3.05, 3.63) is 41.6 Å². The molecule has 1 heterocycles. The summed E-state index contributed by atoms with van der Waals surface area (Å²) in [5.74, 6) is 3.62. The van der Waals surface area contributed by atoms with E-state index in [1.165, 1.54) is 0 Å². The molecule has 28 heavy (non-hydrogen) atoms. The maximum Gasteiger partial charge on any atom is 0.213 e. The highest BCUT2D eigenvalue weighted by atomic mass is 127. The number of nitrogens with zero attached hydrogens (tertiary/aromatic N) is 2. The second kappa shape index (κ2) is 11.1. The Morgan fingerprint density at radius 3 is 2.46 bits per heavy atom. The molecule has 2 rings (SSSR count). The van der Waals surface area contributed by atoms with E-state index in [9.17, 15) is 0 Å². The first-order valence-electron chi connectivity index (χ1n) is 9.06. The maximum atomic E-state index is 5.79. The van der Waals surface area contributed by atoms with Gasteiger partial charge in [0.15, 0.2) is 17.5 Å². The van der Waals surface area contributed by atoms with Crippen molar-refractivity contribution < 1.29 is 13.9 Å². The molecule has 0 bridgehead atoms. The fourth-order valence-corrected chi connectivity index (χ4v) is 2.40. The summed E-state index contributed by atoms with van der Waals surface area (Å²) in [6.45, 7) is 9.89. The van der Waals surface area contributed by atoms with Gasteiger partial charge in [-0.1, -0.05) is 26.8 Å². The minimum absolute atomic E-state index is 0. The van der Waals surface area contributed by atoms with Gasteiger partial charge < -0.3 is 24.5 Å². The van der Waals surface area contributed by atoms with Crippen LogP contribution in [0.4, 0.5) is 0 Å². The lowest BCUT2D eigenvalue weighted by Crippen LogP contribution is -2.36. The van der Waals surface area contributed by atoms with Crippen LogP contribution >= 0.6 is 24.0 Å². The van der Waals surface area contributed by atoms with Crippen LogP contribution in [-0.2, 0) is 18.5 Å². The number of nitrogens with one attached hydrogen (secondary N) is 2. The van der Waals surface area contributed by atoms with Crippen molar-refractivity contribution in [2.75, 3.05) is 20.8 Å². The second-order valence-corrected chi connectivity index (χ2v) is 7.07. The number of oxazole rings is 1. The number of aromatic nitrogens is 1. The first-order valence-corrected chi connectivity index (χ1v) is 9.06. The van der Waals surface area contributed by atoms with Crippen LogP contribution in [0.5, 0.6) is 11.5 Å². The number of ether oxygens (including phenoxy) is 2. The molecule has 2 N–H and O–H groups in total. The van der Waals surface area contributed by atoms with Gasteiger partial charge in [-0.3, -0.25) is 4.99 Å². The van der Waals surface area contributed by atoms with Crippen LogP contribution in [0.2, 0.25) is 0 Å². The molecular weight excluding hydrogens is 471 g/mol. The number of guanidine groups is 1. The van der Waals surface area contributed by atoms with Crippen molar-refractivity contribution in [3.8, 4) is 11.5 Å². The van der Waals surface area contributed by atoms with Crippen molar-refractivity contribution in [1.82, 2.24) is 15.6 Å². The average Bonchev–Trinajstić information content (AvgIpc) is 3.12. The topological polar surface area (TPSA) is 80.9 Å². The normalized spacial score (nSPS) is 11.6. The van der Waals surface area contributed by atoms with E-state index >= 15 is 0 Å². The highest BCUT2D eigenvalue weighted by Gasteiger charge is 2.19. The van der Waals surface area contributed by atoms with Gasteiger partial charge in [0.05, 0.1) is 26.5 Å². The van der Waals surface area contributed by atoms with Gasteiger partial charge in [0.1, 0.15) is 5.76 Å². The fourth-order valence-electron chi connectivity index (χ4n) is 2.40. The molecule has 0 amide bonds. The van der Waals surface area contributed by atoms with E-state index in [0.29, 0.717) is 37.3 Å². The van der Waals surface area contributed by atoms with Crippen LogP contribution in [0.15, 0.2) is 33.8 Å². The average molecular weight is 502 g/mol. The minimum Gasteiger partial charge on any atom is -0.493 e. The van der Waals surface area contributed by atoms with Crippen molar-refractivity contribution in [3.63, 3.8) is 0 Å². The van der Waals surface area contributed by atoms with Gasteiger partial charge in [-0.15, -0.1) is 24.0 Å². The Balaban J connectivity index is 0.00000392. The van der Waals surface area contributed by atoms with Gasteiger partial charge in [-0.2, -0.15) is 0 Å². The van der Waals surface area contributed by atoms with Crippen molar-refractivity contribution in [2.45, 2.75) is 46.2 Å². The largest absolute Gasteiger partial charge is 0.493 e. The summed E-state index contributed by atoms with van der Waals surface area (Å²) in [7, 11) is 3.36. The van der Waals surface area contributed by atoms with E-state index < -0.39 is 0 Å². The molecular formula is C20H31IN4O3. The van der Waals surface area contributed by atoms with Gasteiger partial charge in [0.2, 0.25) is 5.89 Å². The zero-order valence-corrected chi connectivity index (χ0v) is 19.8. The van der Waals surface area contributed by atoms with Gasteiger partial charge in [-0.05, 0) is 24.6 Å². The third-order valence-corrected chi connectivity index (χ3v) is 3.91. The summed E-state index contributed by atoms with van der Waals surface area (Å²) in [5.41, 5.74) is 1.00. The molecule has 1 aromatic heterocycles. The number of methoxy groups -OCH3 is 1. The van der Waals surface area contributed by atoms with Crippen molar-refractivity contribution >= 4 is 29.9 Å². The molecule has 1 aromatic carbocycles. The SMILES string of the molecule is CCOc1ccc(CNC(=NC)NCc2ncc(C(C)(C)C)o2)cc1OC.I. The predicted molar refractivity (Wildman–Crippen MR) is 122 cm³/mol. The molecule has 0 aliphatic rings. The lowest BCUT2D eigenvalue weighted by molar-refractivity contribution is 0.310. The fraction of sp³-hybridized carbons (Fsp3) is 0.500. The van der Waals surface area contributed by atoms with E-state index in [-0.39, 0.29) is 29.4 Å². The highest BCUT2D eigenvalue weighted by molar-refractivity contribution is 14.0. The molecule has 7 nitrogen and oxygen atoms in total. The smallest absolute Gasteiger partial charge is 0.213 e. The lowest BCUT2D eigenvalue weighted by Gasteiger charge is -2.14. The molecule has 0 unspecified atom stereocenters. The summed E-state index contributed by atoms with van der Waals surface area (Å²) in [4.78, 5) is 8.55. The second-order valence-electron chi connectivity index (χ2n) is 7.07. The monoisotopic (exact) mass is 502 g/mol.